The Hall–Kier alpha value is -1.62. The van der Waals surface area contributed by atoms with E-state index in [1.807, 2.05) is 4.90 Å². The van der Waals surface area contributed by atoms with Crippen molar-refractivity contribution in [1.29, 1.82) is 0 Å². The predicted molar refractivity (Wildman–Crippen MR) is 225 cm³/mol. The average Bonchev–Trinajstić information content (AvgIpc) is 3.10. The molecular weight excluding hydrogens is 627 g/mol. The molecule has 0 saturated carbocycles. The number of allylic oxidation sites excluding steroid dienone is 4. The summed E-state index contributed by atoms with van der Waals surface area (Å²) in [4.78, 5) is 31.1. The van der Waals surface area contributed by atoms with E-state index in [2.05, 4.69) is 76.3 Å². The lowest BCUT2D eigenvalue weighted by molar-refractivity contribution is -0.142. The smallest absolute Gasteiger partial charge is 0.243 e. The zero-order valence-corrected chi connectivity index (χ0v) is 35.3. The fourth-order valence-corrected chi connectivity index (χ4v) is 7.00. The van der Waals surface area contributed by atoms with Gasteiger partial charge >= 0.3 is 0 Å². The lowest BCUT2D eigenvalue weighted by Crippen LogP contribution is -2.53. The first kappa shape index (κ1) is 49.4. The van der Waals surface area contributed by atoms with Crippen LogP contribution in [0.25, 0.3) is 0 Å². The second-order valence-electron chi connectivity index (χ2n) is 16.0. The molecule has 2 amide bonds. The molecule has 1 unspecified atom stereocenters. The van der Waals surface area contributed by atoms with Crippen LogP contribution in [-0.2, 0) is 9.59 Å². The highest BCUT2D eigenvalue weighted by Crippen LogP contribution is 2.17. The van der Waals surface area contributed by atoms with E-state index in [4.69, 9.17) is 0 Å². The first-order valence-corrected chi connectivity index (χ1v) is 22.4. The second kappa shape index (κ2) is 38.1. The lowest BCUT2D eigenvalue weighted by Gasteiger charge is -2.34. The second-order valence-corrected chi connectivity index (χ2v) is 16.0. The molecule has 0 spiro atoms. The fraction of sp³-hybridized carbons (Fsp3) is 0.870. The highest BCUT2D eigenvalue weighted by Gasteiger charge is 2.31. The summed E-state index contributed by atoms with van der Waals surface area (Å²) in [5.41, 5.74) is 0. The summed E-state index contributed by atoms with van der Waals surface area (Å²) in [6, 6.07) is -0.390. The maximum absolute atomic E-state index is 13.6. The molecule has 0 heterocycles. The Morgan fingerprint density at radius 3 is 1.45 bits per heavy atom. The molecular formula is C46H89N3O2. The molecule has 5 heteroatoms. The van der Waals surface area contributed by atoms with Gasteiger partial charge in [0.25, 0.3) is 0 Å². The Balaban J connectivity index is 4.31. The van der Waals surface area contributed by atoms with Gasteiger partial charge in [-0.2, -0.15) is 0 Å². The average molecular weight is 716 g/mol. The van der Waals surface area contributed by atoms with Gasteiger partial charge in [-0.3, -0.25) is 9.59 Å². The highest BCUT2D eigenvalue weighted by atomic mass is 16.2. The van der Waals surface area contributed by atoms with Gasteiger partial charge in [-0.1, -0.05) is 180 Å². The number of amides is 2. The minimum Gasteiger partial charge on any atom is -0.354 e. The van der Waals surface area contributed by atoms with E-state index in [1.54, 1.807) is 0 Å². The van der Waals surface area contributed by atoms with Crippen LogP contribution in [0, 0.1) is 5.92 Å². The van der Waals surface area contributed by atoms with Crippen LogP contribution in [0.5, 0.6) is 0 Å². The summed E-state index contributed by atoms with van der Waals surface area (Å²) in [7, 11) is 4.14. The van der Waals surface area contributed by atoms with Crippen molar-refractivity contribution in [2.75, 3.05) is 33.7 Å². The predicted octanol–water partition coefficient (Wildman–Crippen LogP) is 13.0. The van der Waals surface area contributed by atoms with Gasteiger partial charge in [-0.05, 0) is 77.9 Å². The molecule has 300 valence electrons. The van der Waals surface area contributed by atoms with Crippen molar-refractivity contribution >= 4 is 11.8 Å². The van der Waals surface area contributed by atoms with Crippen molar-refractivity contribution in [3.8, 4) is 0 Å². The van der Waals surface area contributed by atoms with E-state index >= 15 is 0 Å². The highest BCUT2D eigenvalue weighted by molar-refractivity contribution is 5.87. The molecule has 0 bridgehead atoms. The number of carbonyl (C=O) groups excluding carboxylic acids is 2. The number of carbonyl (C=O) groups is 2. The molecule has 0 aromatic rings. The number of nitrogens with one attached hydrogen (secondary N) is 1. The Morgan fingerprint density at radius 1 is 0.529 bits per heavy atom. The summed E-state index contributed by atoms with van der Waals surface area (Å²) in [5.74, 6) is 0.267. The minimum absolute atomic E-state index is 0.0317. The Kier molecular flexibility index (Phi) is 36.9. The molecule has 0 aliphatic heterocycles. The summed E-state index contributed by atoms with van der Waals surface area (Å²) < 4.78 is 0. The third-order valence-corrected chi connectivity index (χ3v) is 10.2. The Morgan fingerprint density at radius 2 is 0.961 bits per heavy atom. The molecule has 0 aromatic carbocycles. The van der Waals surface area contributed by atoms with Crippen molar-refractivity contribution in [1.82, 2.24) is 15.1 Å². The Labute approximate surface area is 319 Å². The van der Waals surface area contributed by atoms with E-state index in [1.165, 1.54) is 141 Å². The normalized spacial score (nSPS) is 12.5. The number of unbranched alkanes of at least 4 members (excludes halogenated alkanes) is 23. The lowest BCUT2D eigenvalue weighted by atomic mass is 9.99. The maximum Gasteiger partial charge on any atom is 0.243 e. The molecule has 1 atom stereocenters. The van der Waals surface area contributed by atoms with E-state index < -0.39 is 6.04 Å². The first-order chi connectivity index (χ1) is 24.8. The van der Waals surface area contributed by atoms with E-state index in [-0.39, 0.29) is 17.7 Å². The van der Waals surface area contributed by atoms with Gasteiger partial charge in [0, 0.05) is 19.5 Å². The van der Waals surface area contributed by atoms with E-state index in [0.29, 0.717) is 19.5 Å². The molecule has 5 nitrogen and oxygen atoms in total. The molecule has 0 radical (unpaired) electrons. The van der Waals surface area contributed by atoms with Crippen LogP contribution in [0.2, 0.25) is 0 Å². The number of hydrogen-bond donors (Lipinski definition) is 1. The van der Waals surface area contributed by atoms with Crippen molar-refractivity contribution in [2.45, 2.75) is 220 Å². The van der Waals surface area contributed by atoms with Crippen LogP contribution < -0.4 is 5.32 Å². The summed E-state index contributed by atoms with van der Waals surface area (Å²) in [6.07, 6.45) is 45.2. The van der Waals surface area contributed by atoms with Crippen LogP contribution in [0.15, 0.2) is 24.3 Å². The zero-order chi connectivity index (χ0) is 37.6. The maximum atomic E-state index is 13.6. The molecule has 0 aliphatic rings. The van der Waals surface area contributed by atoms with Gasteiger partial charge in [-0.15, -0.1) is 0 Å². The molecule has 0 saturated heterocycles. The standard InChI is InChI=1S/C46H89N3O2/c1-7-9-11-13-15-17-19-21-23-25-27-29-31-33-35-37-40-47-46(51)45(43(3)4)49(42-38-41-48(5)6)44(50)39-36-34-32-30-28-26-24-22-20-18-16-14-12-10-8-2/h16,18,22,24,43,45H,7-15,17,19-21,23,25-42H2,1-6H3,(H,47,51)/b18-16-,24-22-. The van der Waals surface area contributed by atoms with Crippen molar-refractivity contribution in [2.24, 2.45) is 5.92 Å². The van der Waals surface area contributed by atoms with Gasteiger partial charge in [0.05, 0.1) is 0 Å². The van der Waals surface area contributed by atoms with Gasteiger partial charge < -0.3 is 15.1 Å². The third kappa shape index (κ3) is 32.7. The van der Waals surface area contributed by atoms with Crippen molar-refractivity contribution in [3.63, 3.8) is 0 Å². The molecule has 0 aliphatic carbocycles. The van der Waals surface area contributed by atoms with Gasteiger partial charge in [0.15, 0.2) is 0 Å². The molecule has 0 aromatic heterocycles. The number of hydrogen-bond acceptors (Lipinski definition) is 3. The number of nitrogens with zero attached hydrogens (tertiary/aromatic N) is 2. The molecule has 0 rings (SSSR count). The van der Waals surface area contributed by atoms with Gasteiger partial charge in [0.2, 0.25) is 11.8 Å². The monoisotopic (exact) mass is 716 g/mol. The van der Waals surface area contributed by atoms with Crippen LogP contribution in [-0.4, -0.2) is 61.4 Å². The van der Waals surface area contributed by atoms with Crippen LogP contribution in [0.1, 0.15) is 214 Å². The van der Waals surface area contributed by atoms with E-state index in [0.717, 1.165) is 45.1 Å². The van der Waals surface area contributed by atoms with Gasteiger partial charge in [0.1, 0.15) is 6.04 Å². The molecule has 51 heavy (non-hydrogen) atoms. The molecule has 1 N–H and O–H groups in total. The first-order valence-electron chi connectivity index (χ1n) is 22.4. The minimum atomic E-state index is -0.390. The van der Waals surface area contributed by atoms with Crippen molar-refractivity contribution in [3.05, 3.63) is 24.3 Å². The molecule has 0 fully saturated rings. The van der Waals surface area contributed by atoms with Gasteiger partial charge in [-0.25, -0.2) is 0 Å². The quantitative estimate of drug-likeness (QED) is 0.0511. The van der Waals surface area contributed by atoms with E-state index in [9.17, 15) is 9.59 Å². The largest absolute Gasteiger partial charge is 0.354 e. The van der Waals surface area contributed by atoms with Crippen LogP contribution in [0.4, 0.5) is 0 Å². The summed E-state index contributed by atoms with van der Waals surface area (Å²) in [6.45, 7) is 11.0. The summed E-state index contributed by atoms with van der Waals surface area (Å²) >= 11 is 0. The SMILES string of the molecule is CCCCC/C=C\C/C=C\CCCCCCCC(=O)N(CCCN(C)C)C(C(=O)NCCCCCCCCCCCCCCCCCC)C(C)C. The zero-order valence-electron chi connectivity index (χ0n) is 35.3. The Bertz CT molecular complexity index is 821. The summed E-state index contributed by atoms with van der Waals surface area (Å²) in [5, 5.41) is 3.22. The van der Waals surface area contributed by atoms with Crippen LogP contribution >= 0.6 is 0 Å². The van der Waals surface area contributed by atoms with Crippen molar-refractivity contribution < 1.29 is 9.59 Å². The topological polar surface area (TPSA) is 52.7 Å². The fourth-order valence-electron chi connectivity index (χ4n) is 7.00. The third-order valence-electron chi connectivity index (χ3n) is 10.2. The van der Waals surface area contributed by atoms with Crippen LogP contribution in [0.3, 0.4) is 0 Å². The number of rotatable bonds is 38.